The van der Waals surface area contributed by atoms with Gasteiger partial charge in [0.05, 0.1) is 16.1 Å². The molecule has 0 radical (unpaired) electrons. The summed E-state index contributed by atoms with van der Waals surface area (Å²) in [7, 11) is -3.66. The van der Waals surface area contributed by atoms with Gasteiger partial charge in [-0.05, 0) is 67.5 Å². The maximum atomic E-state index is 12.0. The van der Waals surface area contributed by atoms with E-state index in [1.54, 1.807) is 6.07 Å². The summed E-state index contributed by atoms with van der Waals surface area (Å²) in [5, 5.41) is 0. The van der Waals surface area contributed by atoms with E-state index in [-0.39, 0.29) is 16.6 Å². The van der Waals surface area contributed by atoms with Crippen molar-refractivity contribution in [2.24, 2.45) is 0 Å². The molecule has 0 aromatic heterocycles. The molecule has 0 unspecified atom stereocenters. The van der Waals surface area contributed by atoms with Crippen LogP contribution in [0.15, 0.2) is 41.3 Å². The molecular weight excluding hydrogens is 371 g/mol. The third-order valence-electron chi connectivity index (χ3n) is 6.63. The van der Waals surface area contributed by atoms with E-state index in [1.165, 1.54) is 11.8 Å². The number of hydrogen-bond donors (Lipinski definition) is 0. The molecule has 1 aliphatic heterocycles. The lowest BCUT2D eigenvalue weighted by Crippen LogP contribution is -2.41. The Balaban J connectivity index is 1.79. The van der Waals surface area contributed by atoms with Crippen LogP contribution in [0.4, 0.5) is 0 Å². The van der Waals surface area contributed by atoms with Crippen molar-refractivity contribution in [3.8, 4) is 11.1 Å². The van der Waals surface area contributed by atoms with E-state index in [1.807, 2.05) is 39.8 Å². The summed E-state index contributed by atoms with van der Waals surface area (Å²) < 4.78 is 36.5. The fourth-order valence-corrected chi connectivity index (χ4v) is 4.74. The minimum absolute atomic E-state index is 0.301. The molecule has 2 aromatic rings. The van der Waals surface area contributed by atoms with Crippen molar-refractivity contribution in [1.29, 1.82) is 0 Å². The molecule has 1 aliphatic carbocycles. The van der Waals surface area contributed by atoms with E-state index in [4.69, 9.17) is 9.31 Å². The molecule has 2 aliphatic rings. The van der Waals surface area contributed by atoms with Gasteiger partial charge in [-0.15, -0.1) is 0 Å². The van der Waals surface area contributed by atoms with E-state index >= 15 is 0 Å². The normalized spacial score (nSPS) is 21.5. The molecule has 4 rings (SSSR count). The van der Waals surface area contributed by atoms with Crippen molar-refractivity contribution < 1.29 is 17.7 Å². The van der Waals surface area contributed by atoms with E-state index in [2.05, 4.69) is 32.0 Å². The Labute approximate surface area is 168 Å². The summed E-state index contributed by atoms with van der Waals surface area (Å²) in [6.07, 6.45) is 1.25. The van der Waals surface area contributed by atoms with Crippen LogP contribution in [0.2, 0.25) is 0 Å². The quantitative estimate of drug-likeness (QED) is 0.724. The van der Waals surface area contributed by atoms with Gasteiger partial charge in [0.2, 0.25) is 0 Å². The first-order chi connectivity index (χ1) is 12.7. The van der Waals surface area contributed by atoms with Crippen molar-refractivity contribution in [3.63, 3.8) is 0 Å². The SMILES string of the molecule is CC1(C)c2cc(B3OC(C)(C)C(C)(C)O3)ccc2-c2ccc(S(C)(=O)=O)cc21. The predicted octanol–water partition coefficient (Wildman–Crippen LogP) is 3.70. The van der Waals surface area contributed by atoms with Gasteiger partial charge in [-0.3, -0.25) is 0 Å². The molecule has 1 heterocycles. The van der Waals surface area contributed by atoms with Crippen LogP contribution < -0.4 is 5.46 Å². The van der Waals surface area contributed by atoms with Crippen molar-refractivity contribution >= 4 is 22.4 Å². The van der Waals surface area contributed by atoms with Gasteiger partial charge in [0.1, 0.15) is 0 Å². The standard InChI is InChI=1S/C22H27BO4S/c1-20(2)18-12-14(23-26-21(3,4)22(5,6)27-23)8-10-16(18)17-11-9-15(13-19(17)20)28(7,24)25/h8-13H,1-7H3. The Morgan fingerprint density at radius 2 is 1.29 bits per heavy atom. The first kappa shape index (κ1) is 19.7. The molecule has 148 valence electrons. The van der Waals surface area contributed by atoms with Crippen molar-refractivity contribution in [3.05, 3.63) is 47.5 Å². The molecule has 0 saturated carbocycles. The second kappa shape index (κ2) is 5.71. The molecular formula is C22H27BO4S. The summed E-state index contributed by atoms with van der Waals surface area (Å²) in [5.74, 6) is 0. The lowest BCUT2D eigenvalue weighted by Gasteiger charge is -2.32. The van der Waals surface area contributed by atoms with Gasteiger partial charge in [0, 0.05) is 11.7 Å². The van der Waals surface area contributed by atoms with E-state index in [9.17, 15) is 8.42 Å². The smallest absolute Gasteiger partial charge is 0.399 e. The van der Waals surface area contributed by atoms with Crippen LogP contribution in [0.25, 0.3) is 11.1 Å². The van der Waals surface area contributed by atoms with Crippen molar-refractivity contribution in [2.75, 3.05) is 6.26 Å². The summed E-state index contributed by atoms with van der Waals surface area (Å²) in [5.41, 5.74) is 4.34. The van der Waals surface area contributed by atoms with Crippen LogP contribution in [0.3, 0.4) is 0 Å². The fourth-order valence-electron chi connectivity index (χ4n) is 4.09. The topological polar surface area (TPSA) is 52.6 Å². The van der Waals surface area contributed by atoms with Gasteiger partial charge in [-0.1, -0.05) is 38.1 Å². The van der Waals surface area contributed by atoms with Crippen molar-refractivity contribution in [1.82, 2.24) is 0 Å². The van der Waals surface area contributed by atoms with Crippen LogP contribution in [0, 0.1) is 0 Å². The maximum absolute atomic E-state index is 12.0. The minimum atomic E-state index is -3.25. The zero-order valence-corrected chi connectivity index (χ0v) is 18.4. The number of hydrogen-bond acceptors (Lipinski definition) is 4. The van der Waals surface area contributed by atoms with Crippen LogP contribution in [0.1, 0.15) is 52.7 Å². The van der Waals surface area contributed by atoms with Crippen LogP contribution >= 0.6 is 0 Å². The Morgan fingerprint density at radius 1 is 0.786 bits per heavy atom. The third-order valence-corrected chi connectivity index (χ3v) is 7.74. The molecule has 0 spiro atoms. The zero-order chi connectivity index (χ0) is 20.7. The summed E-state index contributed by atoms with van der Waals surface area (Å²) in [6, 6.07) is 11.7. The zero-order valence-electron chi connectivity index (χ0n) is 17.6. The van der Waals surface area contributed by atoms with Crippen LogP contribution in [0.5, 0.6) is 0 Å². The Bertz CT molecular complexity index is 1070. The highest BCUT2D eigenvalue weighted by molar-refractivity contribution is 7.90. The number of sulfone groups is 1. The molecule has 0 N–H and O–H groups in total. The molecule has 28 heavy (non-hydrogen) atoms. The Hall–Kier alpha value is -1.63. The first-order valence-corrected chi connectivity index (χ1v) is 11.5. The summed E-state index contributed by atoms with van der Waals surface area (Å²) in [4.78, 5) is 0.360. The van der Waals surface area contributed by atoms with E-state index in [0.717, 1.165) is 22.2 Å². The molecule has 4 nitrogen and oxygen atoms in total. The molecule has 0 bridgehead atoms. The largest absolute Gasteiger partial charge is 0.494 e. The monoisotopic (exact) mass is 398 g/mol. The summed E-state index contributed by atoms with van der Waals surface area (Å²) >= 11 is 0. The van der Waals surface area contributed by atoms with Gasteiger partial charge in [0.15, 0.2) is 9.84 Å². The van der Waals surface area contributed by atoms with E-state index < -0.39 is 17.0 Å². The highest BCUT2D eigenvalue weighted by Crippen LogP contribution is 2.49. The lowest BCUT2D eigenvalue weighted by atomic mass is 9.74. The second-order valence-corrected chi connectivity index (χ2v) is 11.5. The van der Waals surface area contributed by atoms with Gasteiger partial charge in [0.25, 0.3) is 0 Å². The van der Waals surface area contributed by atoms with Crippen LogP contribution in [-0.2, 0) is 24.6 Å². The van der Waals surface area contributed by atoms with Gasteiger partial charge in [-0.2, -0.15) is 0 Å². The average molecular weight is 398 g/mol. The fraction of sp³-hybridized carbons (Fsp3) is 0.455. The lowest BCUT2D eigenvalue weighted by molar-refractivity contribution is 0.00578. The first-order valence-electron chi connectivity index (χ1n) is 9.59. The predicted molar refractivity (Wildman–Crippen MR) is 113 cm³/mol. The molecule has 0 atom stereocenters. The summed E-state index contributed by atoms with van der Waals surface area (Å²) in [6.45, 7) is 12.5. The number of fused-ring (bicyclic) bond motifs is 3. The van der Waals surface area contributed by atoms with Gasteiger partial charge in [-0.25, -0.2) is 8.42 Å². The maximum Gasteiger partial charge on any atom is 0.494 e. The highest BCUT2D eigenvalue weighted by atomic mass is 32.2. The third kappa shape index (κ3) is 2.77. The molecule has 1 saturated heterocycles. The Morgan fingerprint density at radius 3 is 1.82 bits per heavy atom. The van der Waals surface area contributed by atoms with E-state index in [0.29, 0.717) is 4.90 Å². The van der Waals surface area contributed by atoms with Gasteiger partial charge >= 0.3 is 7.12 Å². The molecule has 1 fully saturated rings. The molecule has 0 amide bonds. The highest BCUT2D eigenvalue weighted by Gasteiger charge is 2.52. The minimum Gasteiger partial charge on any atom is -0.399 e. The Kier molecular flexibility index (Phi) is 4.01. The van der Waals surface area contributed by atoms with Crippen molar-refractivity contribution in [2.45, 2.75) is 63.1 Å². The average Bonchev–Trinajstić information content (AvgIpc) is 2.93. The van der Waals surface area contributed by atoms with Gasteiger partial charge < -0.3 is 9.31 Å². The number of rotatable bonds is 2. The molecule has 6 heteroatoms. The second-order valence-electron chi connectivity index (χ2n) is 9.50. The van der Waals surface area contributed by atoms with Crippen LogP contribution in [-0.4, -0.2) is 33.0 Å². The molecule has 2 aromatic carbocycles. The number of benzene rings is 2.